The van der Waals surface area contributed by atoms with Crippen molar-refractivity contribution in [3.63, 3.8) is 0 Å². The molecule has 0 spiro atoms. The van der Waals surface area contributed by atoms with E-state index in [1.807, 2.05) is 5.57 Å². The van der Waals surface area contributed by atoms with Gasteiger partial charge >= 0.3 is 0 Å². The molecule has 1 unspecified atom stereocenters. The molecule has 0 aromatic carbocycles. The summed E-state index contributed by atoms with van der Waals surface area (Å²) in [7, 11) is 0. The average molecular weight is 248 g/mol. The second-order valence-corrected chi connectivity index (χ2v) is 6.71. The first-order valence-corrected chi connectivity index (χ1v) is 8.52. The highest BCUT2D eigenvalue weighted by Crippen LogP contribution is 2.39. The molecule has 0 nitrogen and oxygen atoms in total. The smallest absolute Gasteiger partial charge is 0.0203 e. The molecule has 0 bridgehead atoms. The fourth-order valence-corrected chi connectivity index (χ4v) is 4.18. The molecule has 2 rings (SSSR count). The zero-order valence-electron chi connectivity index (χ0n) is 12.6. The van der Waals surface area contributed by atoms with Gasteiger partial charge < -0.3 is 0 Å². The lowest BCUT2D eigenvalue weighted by Gasteiger charge is -2.32. The van der Waals surface area contributed by atoms with Crippen LogP contribution < -0.4 is 0 Å². The van der Waals surface area contributed by atoms with E-state index in [1.165, 1.54) is 70.6 Å². The van der Waals surface area contributed by atoms with Crippen LogP contribution in [0.15, 0.2) is 11.6 Å². The largest absolute Gasteiger partial charge is 0.0848 e. The van der Waals surface area contributed by atoms with Gasteiger partial charge in [-0.25, -0.2) is 0 Å². The standard InChI is InChI=1S/C18H32/c1-3-5-15-7-11-17(12-8-15)18-13-9-16(6-4-2)10-14-18/h11,15-16,18H,3-10,12-14H2,1-2H3. The molecule has 1 fully saturated rings. The minimum Gasteiger partial charge on any atom is -0.0848 e. The third-order valence-corrected chi connectivity index (χ3v) is 5.32. The SMILES string of the molecule is CCCC1CC=C(C2CCC(CCC)CC2)CC1. The molecule has 18 heavy (non-hydrogen) atoms. The minimum atomic E-state index is 0.973. The molecule has 0 radical (unpaired) electrons. The van der Waals surface area contributed by atoms with Gasteiger partial charge in [-0.1, -0.05) is 51.2 Å². The first-order chi connectivity index (χ1) is 8.83. The molecule has 0 aliphatic heterocycles. The Labute approximate surface area is 114 Å². The molecule has 0 N–H and O–H groups in total. The topological polar surface area (TPSA) is 0 Å². The van der Waals surface area contributed by atoms with E-state index in [1.54, 1.807) is 0 Å². The van der Waals surface area contributed by atoms with Crippen LogP contribution in [0.2, 0.25) is 0 Å². The van der Waals surface area contributed by atoms with Crippen LogP contribution in [0.1, 0.15) is 84.5 Å². The van der Waals surface area contributed by atoms with Crippen LogP contribution in [-0.2, 0) is 0 Å². The lowest BCUT2D eigenvalue weighted by molar-refractivity contribution is 0.276. The molecule has 0 heterocycles. The van der Waals surface area contributed by atoms with E-state index in [2.05, 4.69) is 19.9 Å². The Hall–Kier alpha value is -0.260. The van der Waals surface area contributed by atoms with Crippen molar-refractivity contribution in [3.05, 3.63) is 11.6 Å². The maximum Gasteiger partial charge on any atom is -0.0203 e. The molecular weight excluding hydrogens is 216 g/mol. The van der Waals surface area contributed by atoms with Gasteiger partial charge in [0.1, 0.15) is 0 Å². The molecule has 2 aliphatic carbocycles. The second-order valence-electron chi connectivity index (χ2n) is 6.71. The van der Waals surface area contributed by atoms with Crippen LogP contribution >= 0.6 is 0 Å². The molecular formula is C18H32. The van der Waals surface area contributed by atoms with Gasteiger partial charge in [-0.2, -0.15) is 0 Å². The number of allylic oxidation sites excluding steroid dienone is 2. The van der Waals surface area contributed by atoms with E-state index in [0.29, 0.717) is 0 Å². The van der Waals surface area contributed by atoms with Crippen LogP contribution in [0, 0.1) is 17.8 Å². The Kier molecular flexibility index (Phi) is 5.79. The highest BCUT2D eigenvalue weighted by Gasteiger charge is 2.25. The summed E-state index contributed by atoms with van der Waals surface area (Å²) in [4.78, 5) is 0. The van der Waals surface area contributed by atoms with Crippen LogP contribution in [-0.4, -0.2) is 0 Å². The summed E-state index contributed by atoms with van der Waals surface area (Å²) in [6, 6.07) is 0. The summed E-state index contributed by atoms with van der Waals surface area (Å²) in [5.74, 6) is 3.04. The predicted molar refractivity (Wildman–Crippen MR) is 80.7 cm³/mol. The van der Waals surface area contributed by atoms with E-state index in [0.717, 1.165) is 17.8 Å². The van der Waals surface area contributed by atoms with Crippen molar-refractivity contribution in [2.45, 2.75) is 84.5 Å². The van der Waals surface area contributed by atoms with Gasteiger partial charge in [-0.3, -0.25) is 0 Å². The molecule has 0 aromatic heterocycles. The fourth-order valence-electron chi connectivity index (χ4n) is 4.18. The zero-order chi connectivity index (χ0) is 12.8. The lowest BCUT2D eigenvalue weighted by Crippen LogP contribution is -2.18. The molecule has 2 aliphatic rings. The number of rotatable bonds is 5. The van der Waals surface area contributed by atoms with Crippen LogP contribution in [0.4, 0.5) is 0 Å². The lowest BCUT2D eigenvalue weighted by atomic mass is 9.73. The fraction of sp³-hybridized carbons (Fsp3) is 0.889. The quantitative estimate of drug-likeness (QED) is 0.514. The minimum absolute atomic E-state index is 0.973. The maximum atomic E-state index is 2.63. The highest BCUT2D eigenvalue weighted by molar-refractivity contribution is 5.11. The van der Waals surface area contributed by atoms with Crippen LogP contribution in [0.25, 0.3) is 0 Å². The summed E-state index contributed by atoms with van der Waals surface area (Å²) < 4.78 is 0. The van der Waals surface area contributed by atoms with Gasteiger partial charge in [0, 0.05) is 0 Å². The first-order valence-electron chi connectivity index (χ1n) is 8.52. The summed E-state index contributed by atoms with van der Waals surface area (Å²) in [6.45, 7) is 4.66. The van der Waals surface area contributed by atoms with Crippen molar-refractivity contribution in [3.8, 4) is 0 Å². The van der Waals surface area contributed by atoms with Crippen molar-refractivity contribution in [1.29, 1.82) is 0 Å². The summed E-state index contributed by atoms with van der Waals surface area (Å²) in [5, 5.41) is 0. The highest BCUT2D eigenvalue weighted by atomic mass is 14.3. The van der Waals surface area contributed by atoms with Gasteiger partial charge in [0.2, 0.25) is 0 Å². The van der Waals surface area contributed by atoms with Gasteiger partial charge in [-0.05, 0) is 62.7 Å². The van der Waals surface area contributed by atoms with Gasteiger partial charge in [-0.15, -0.1) is 0 Å². The second kappa shape index (κ2) is 7.36. The van der Waals surface area contributed by atoms with Crippen LogP contribution in [0.3, 0.4) is 0 Å². The molecule has 0 saturated heterocycles. The van der Waals surface area contributed by atoms with E-state index >= 15 is 0 Å². The molecule has 104 valence electrons. The monoisotopic (exact) mass is 248 g/mol. The molecule has 1 saturated carbocycles. The third-order valence-electron chi connectivity index (χ3n) is 5.32. The van der Waals surface area contributed by atoms with Gasteiger partial charge in [0.15, 0.2) is 0 Å². The Morgan fingerprint density at radius 3 is 2.11 bits per heavy atom. The van der Waals surface area contributed by atoms with Crippen molar-refractivity contribution in [1.82, 2.24) is 0 Å². The predicted octanol–water partition coefficient (Wildman–Crippen LogP) is 6.12. The van der Waals surface area contributed by atoms with Gasteiger partial charge in [0.05, 0.1) is 0 Å². The Morgan fingerprint density at radius 2 is 1.56 bits per heavy atom. The van der Waals surface area contributed by atoms with Crippen molar-refractivity contribution in [2.75, 3.05) is 0 Å². The van der Waals surface area contributed by atoms with E-state index in [-0.39, 0.29) is 0 Å². The normalized spacial score (nSPS) is 33.2. The molecule has 1 atom stereocenters. The Balaban J connectivity index is 1.76. The summed E-state index contributed by atoms with van der Waals surface area (Å²) >= 11 is 0. The van der Waals surface area contributed by atoms with E-state index in [9.17, 15) is 0 Å². The number of hydrogen-bond donors (Lipinski definition) is 0. The summed E-state index contributed by atoms with van der Waals surface area (Å²) in [5.41, 5.74) is 1.84. The maximum absolute atomic E-state index is 2.63. The van der Waals surface area contributed by atoms with Crippen LogP contribution in [0.5, 0.6) is 0 Å². The molecule has 0 heteroatoms. The Morgan fingerprint density at radius 1 is 0.889 bits per heavy atom. The van der Waals surface area contributed by atoms with Crippen molar-refractivity contribution >= 4 is 0 Å². The Bertz CT molecular complexity index is 255. The zero-order valence-corrected chi connectivity index (χ0v) is 12.6. The van der Waals surface area contributed by atoms with Crippen molar-refractivity contribution < 1.29 is 0 Å². The van der Waals surface area contributed by atoms with Gasteiger partial charge in [0.25, 0.3) is 0 Å². The third kappa shape index (κ3) is 3.87. The average Bonchev–Trinajstić information content (AvgIpc) is 2.41. The summed E-state index contributed by atoms with van der Waals surface area (Å²) in [6.07, 6.45) is 18.6. The first kappa shape index (κ1) is 14.2. The molecule has 0 amide bonds. The number of hydrogen-bond acceptors (Lipinski definition) is 0. The van der Waals surface area contributed by atoms with Crippen molar-refractivity contribution in [2.24, 2.45) is 17.8 Å². The molecule has 0 aromatic rings. The van der Waals surface area contributed by atoms with E-state index in [4.69, 9.17) is 0 Å². The van der Waals surface area contributed by atoms with E-state index < -0.39 is 0 Å².